The normalized spacial score (nSPS) is 11.7. The smallest absolute Gasteiger partial charge is 0.137 e. The molecule has 0 aliphatic rings. The summed E-state index contributed by atoms with van der Waals surface area (Å²) in [6.07, 6.45) is 0. The van der Waals surface area contributed by atoms with Crippen LogP contribution in [-0.4, -0.2) is 0 Å². The van der Waals surface area contributed by atoms with E-state index in [9.17, 15) is 0 Å². The molecule has 12 rings (SSSR count). The highest BCUT2D eigenvalue weighted by atomic mass is 32.1. The maximum Gasteiger partial charge on any atom is 0.137 e. The van der Waals surface area contributed by atoms with Gasteiger partial charge in [-0.1, -0.05) is 158 Å². The van der Waals surface area contributed by atoms with Gasteiger partial charge in [-0.2, -0.15) is 0 Å². The van der Waals surface area contributed by atoms with Crippen LogP contribution in [0.1, 0.15) is 0 Å². The fourth-order valence-electron chi connectivity index (χ4n) is 8.98. The molecule has 10 aromatic carbocycles. The Morgan fingerprint density at radius 2 is 0.949 bits per heavy atom. The number of nitrogens with zero attached hydrogens (tertiary/aromatic N) is 1. The highest BCUT2D eigenvalue weighted by molar-refractivity contribution is 7.26. The number of para-hydroxylation sites is 1. The van der Waals surface area contributed by atoms with Crippen LogP contribution in [-0.2, 0) is 0 Å². The molecule has 2 aromatic heterocycles. The highest BCUT2D eigenvalue weighted by Gasteiger charge is 2.22. The van der Waals surface area contributed by atoms with E-state index >= 15 is 0 Å². The summed E-state index contributed by atoms with van der Waals surface area (Å²) in [6, 6.07) is 77.0. The van der Waals surface area contributed by atoms with Gasteiger partial charge in [-0.3, -0.25) is 0 Å². The van der Waals surface area contributed by atoms with Crippen LogP contribution in [0.4, 0.5) is 17.1 Å². The van der Waals surface area contributed by atoms with Crippen molar-refractivity contribution >= 4 is 92.1 Å². The van der Waals surface area contributed by atoms with E-state index < -0.39 is 0 Å². The molecule has 0 N–H and O–H groups in total. The van der Waals surface area contributed by atoms with E-state index in [1.807, 2.05) is 23.5 Å². The van der Waals surface area contributed by atoms with Crippen LogP contribution in [0.15, 0.2) is 217 Å². The van der Waals surface area contributed by atoms with E-state index in [2.05, 4.69) is 205 Å². The first-order valence-electron chi connectivity index (χ1n) is 20.1. The molecule has 0 bridgehead atoms. The second kappa shape index (κ2) is 13.6. The topological polar surface area (TPSA) is 16.4 Å². The zero-order chi connectivity index (χ0) is 38.9. The van der Waals surface area contributed by atoms with Gasteiger partial charge in [-0.15, -0.1) is 11.3 Å². The molecule has 59 heavy (non-hydrogen) atoms. The Balaban J connectivity index is 1.06. The molecule has 2 heterocycles. The minimum atomic E-state index is 0.869. The zero-order valence-corrected chi connectivity index (χ0v) is 32.8. The Hall–Kier alpha value is -7.46. The molecule has 0 saturated heterocycles. The fourth-order valence-corrected chi connectivity index (χ4v) is 10.3. The molecule has 0 unspecified atom stereocenters. The van der Waals surface area contributed by atoms with Crippen LogP contribution in [0.2, 0.25) is 0 Å². The molecule has 0 aliphatic carbocycles. The van der Waals surface area contributed by atoms with Crippen molar-refractivity contribution in [3.05, 3.63) is 212 Å². The molecule has 0 saturated carbocycles. The predicted octanol–water partition coefficient (Wildman–Crippen LogP) is 16.7. The average molecular weight is 770 g/mol. The summed E-state index contributed by atoms with van der Waals surface area (Å²) in [5.41, 5.74) is 12.3. The first-order chi connectivity index (χ1) is 29.2. The standard InChI is InChI=1S/C56H35NOS/c1-3-11-36(12-4-1)41-24-29-50-54(34-41)59-56-47(38-13-5-2-6-14-38)31-32-51(55(50)56)57(44-27-30-49-48-17-9-10-18-52(48)58-53(49)35-44)43-25-21-37(22-26-43)40-23-28-46-42(33-40)20-19-39-15-7-8-16-45(39)46/h1-35H. The van der Waals surface area contributed by atoms with Crippen molar-refractivity contribution in [1.29, 1.82) is 0 Å². The Morgan fingerprint density at radius 1 is 0.356 bits per heavy atom. The van der Waals surface area contributed by atoms with Crippen molar-refractivity contribution in [2.75, 3.05) is 4.90 Å². The van der Waals surface area contributed by atoms with Crippen LogP contribution in [0, 0.1) is 0 Å². The van der Waals surface area contributed by atoms with Crippen molar-refractivity contribution in [2.45, 2.75) is 0 Å². The van der Waals surface area contributed by atoms with Gasteiger partial charge in [-0.25, -0.2) is 0 Å². The second-order valence-corrected chi connectivity index (χ2v) is 16.3. The lowest BCUT2D eigenvalue weighted by Crippen LogP contribution is -2.10. The van der Waals surface area contributed by atoms with Gasteiger partial charge in [0.05, 0.1) is 5.69 Å². The predicted molar refractivity (Wildman–Crippen MR) is 253 cm³/mol. The van der Waals surface area contributed by atoms with Gasteiger partial charge in [0.15, 0.2) is 0 Å². The Morgan fingerprint density at radius 3 is 1.78 bits per heavy atom. The summed E-state index contributed by atoms with van der Waals surface area (Å²) in [6.45, 7) is 0. The van der Waals surface area contributed by atoms with Crippen LogP contribution in [0.5, 0.6) is 0 Å². The van der Waals surface area contributed by atoms with E-state index in [0.717, 1.165) is 39.0 Å². The van der Waals surface area contributed by atoms with Crippen molar-refractivity contribution in [1.82, 2.24) is 0 Å². The third-order valence-corrected chi connectivity index (χ3v) is 13.0. The maximum atomic E-state index is 6.50. The molecule has 0 spiro atoms. The second-order valence-electron chi connectivity index (χ2n) is 15.3. The fraction of sp³-hybridized carbons (Fsp3) is 0. The Labute approximate surface area is 345 Å². The molecular weight excluding hydrogens is 735 g/mol. The molecule has 0 fully saturated rings. The summed E-state index contributed by atoms with van der Waals surface area (Å²) >= 11 is 1.88. The van der Waals surface area contributed by atoms with Crippen molar-refractivity contribution in [3.63, 3.8) is 0 Å². The van der Waals surface area contributed by atoms with Crippen LogP contribution in [0.3, 0.4) is 0 Å². The molecule has 0 amide bonds. The number of hydrogen-bond donors (Lipinski definition) is 0. The highest BCUT2D eigenvalue weighted by Crippen LogP contribution is 2.49. The first-order valence-corrected chi connectivity index (χ1v) is 20.9. The molecule has 12 aromatic rings. The number of hydrogen-bond acceptors (Lipinski definition) is 3. The van der Waals surface area contributed by atoms with E-state index in [1.165, 1.54) is 75.1 Å². The lowest BCUT2D eigenvalue weighted by atomic mass is 9.97. The zero-order valence-electron chi connectivity index (χ0n) is 32.0. The van der Waals surface area contributed by atoms with Crippen LogP contribution in [0.25, 0.3) is 97.0 Å². The minimum absolute atomic E-state index is 0.869. The summed E-state index contributed by atoms with van der Waals surface area (Å²) in [5, 5.41) is 9.78. The SMILES string of the molecule is c1ccc(-c2ccc3c(c2)sc2c(-c4ccccc4)ccc(N(c4ccc(-c5ccc6c(ccc7ccccc76)c5)cc4)c4ccc5c(c4)oc4ccccc45)c23)cc1. The van der Waals surface area contributed by atoms with Crippen LogP contribution >= 0.6 is 11.3 Å². The van der Waals surface area contributed by atoms with E-state index in [1.54, 1.807) is 0 Å². The summed E-state index contributed by atoms with van der Waals surface area (Å²) in [4.78, 5) is 2.41. The molecule has 0 aliphatic heterocycles. The molecule has 276 valence electrons. The largest absolute Gasteiger partial charge is 0.456 e. The van der Waals surface area contributed by atoms with Crippen molar-refractivity contribution < 1.29 is 4.42 Å². The number of furan rings is 1. The number of anilines is 3. The summed E-state index contributed by atoms with van der Waals surface area (Å²) in [7, 11) is 0. The van der Waals surface area contributed by atoms with E-state index in [-0.39, 0.29) is 0 Å². The first kappa shape index (κ1) is 33.7. The van der Waals surface area contributed by atoms with Gasteiger partial charge in [0.25, 0.3) is 0 Å². The molecular formula is C56H35NOS. The Kier molecular flexibility index (Phi) is 7.75. The monoisotopic (exact) mass is 769 g/mol. The van der Waals surface area contributed by atoms with Gasteiger partial charge in [-0.05, 0) is 103 Å². The molecule has 0 atom stereocenters. The number of thiophene rings is 1. The van der Waals surface area contributed by atoms with E-state index in [4.69, 9.17) is 4.42 Å². The molecule has 2 nitrogen and oxygen atoms in total. The van der Waals surface area contributed by atoms with Gasteiger partial charge in [0, 0.05) is 48.4 Å². The van der Waals surface area contributed by atoms with Crippen molar-refractivity contribution in [3.8, 4) is 33.4 Å². The van der Waals surface area contributed by atoms with Gasteiger partial charge >= 0.3 is 0 Å². The third-order valence-electron chi connectivity index (χ3n) is 11.9. The van der Waals surface area contributed by atoms with Gasteiger partial charge in [0.2, 0.25) is 0 Å². The number of fused-ring (bicyclic) bond motifs is 9. The van der Waals surface area contributed by atoms with E-state index in [0.29, 0.717) is 0 Å². The molecule has 3 heteroatoms. The lowest BCUT2D eigenvalue weighted by Gasteiger charge is -2.27. The van der Waals surface area contributed by atoms with Crippen LogP contribution < -0.4 is 4.90 Å². The number of rotatable bonds is 6. The maximum absolute atomic E-state index is 6.50. The quantitative estimate of drug-likeness (QED) is 0.157. The summed E-state index contributed by atoms with van der Waals surface area (Å²) in [5.74, 6) is 0. The van der Waals surface area contributed by atoms with Crippen molar-refractivity contribution in [2.24, 2.45) is 0 Å². The van der Waals surface area contributed by atoms with Gasteiger partial charge < -0.3 is 9.32 Å². The minimum Gasteiger partial charge on any atom is -0.456 e. The lowest BCUT2D eigenvalue weighted by molar-refractivity contribution is 0.669. The third kappa shape index (κ3) is 5.62. The Bertz CT molecular complexity index is 3550. The summed E-state index contributed by atoms with van der Waals surface area (Å²) < 4.78 is 9.03. The molecule has 0 radical (unpaired) electrons. The van der Waals surface area contributed by atoms with Gasteiger partial charge in [0.1, 0.15) is 11.2 Å². The average Bonchev–Trinajstić information content (AvgIpc) is 3.88. The number of benzene rings is 10.